The SMILES string of the molecule is COc1ccccc1CN(Cc1ccccc1F)c1ccc(CC(=O)O)cc1. The van der Waals surface area contributed by atoms with Gasteiger partial charge in [0, 0.05) is 29.9 Å². The summed E-state index contributed by atoms with van der Waals surface area (Å²) in [4.78, 5) is 13.0. The maximum Gasteiger partial charge on any atom is 0.307 e. The number of nitrogens with zero attached hydrogens (tertiary/aromatic N) is 1. The number of methoxy groups -OCH3 is 1. The monoisotopic (exact) mass is 379 g/mol. The number of hydrogen-bond acceptors (Lipinski definition) is 3. The van der Waals surface area contributed by atoms with E-state index in [2.05, 4.69) is 0 Å². The number of ether oxygens (including phenoxy) is 1. The van der Waals surface area contributed by atoms with E-state index in [1.165, 1.54) is 6.07 Å². The number of carboxylic acids is 1. The summed E-state index contributed by atoms with van der Waals surface area (Å²) in [5.41, 5.74) is 3.17. The highest BCUT2D eigenvalue weighted by Gasteiger charge is 2.14. The lowest BCUT2D eigenvalue weighted by Gasteiger charge is -2.26. The first-order valence-corrected chi connectivity index (χ1v) is 8.98. The van der Waals surface area contributed by atoms with E-state index in [0.717, 1.165) is 22.6 Å². The van der Waals surface area contributed by atoms with Gasteiger partial charge in [-0.15, -0.1) is 0 Å². The summed E-state index contributed by atoms with van der Waals surface area (Å²) < 4.78 is 19.7. The summed E-state index contributed by atoms with van der Waals surface area (Å²) in [6, 6.07) is 21.7. The van der Waals surface area contributed by atoms with Crippen LogP contribution in [0, 0.1) is 5.82 Å². The molecule has 0 bridgehead atoms. The van der Waals surface area contributed by atoms with Gasteiger partial charge in [0.25, 0.3) is 0 Å². The van der Waals surface area contributed by atoms with Crippen LogP contribution in [0.3, 0.4) is 0 Å². The van der Waals surface area contributed by atoms with Crippen LogP contribution in [0.25, 0.3) is 0 Å². The summed E-state index contributed by atoms with van der Waals surface area (Å²) in [6.45, 7) is 0.902. The second-order valence-corrected chi connectivity index (χ2v) is 6.50. The molecule has 0 saturated heterocycles. The second-order valence-electron chi connectivity index (χ2n) is 6.50. The molecule has 0 unspecified atom stereocenters. The average molecular weight is 379 g/mol. The largest absolute Gasteiger partial charge is 0.496 e. The summed E-state index contributed by atoms with van der Waals surface area (Å²) >= 11 is 0. The van der Waals surface area contributed by atoms with Gasteiger partial charge in [0.05, 0.1) is 13.5 Å². The van der Waals surface area contributed by atoms with E-state index in [9.17, 15) is 9.18 Å². The Balaban J connectivity index is 1.92. The normalized spacial score (nSPS) is 10.5. The molecule has 5 heteroatoms. The minimum Gasteiger partial charge on any atom is -0.496 e. The fourth-order valence-corrected chi connectivity index (χ4v) is 3.11. The van der Waals surface area contributed by atoms with E-state index in [1.807, 2.05) is 47.4 Å². The maximum atomic E-state index is 14.2. The number of benzene rings is 3. The summed E-state index contributed by atoms with van der Waals surface area (Å²) in [6.07, 6.45) is -0.0277. The number of aliphatic carboxylic acids is 1. The number of para-hydroxylation sites is 1. The Kier molecular flexibility index (Phi) is 6.27. The Labute approximate surface area is 163 Å². The number of carboxylic acid groups (broad SMARTS) is 1. The van der Waals surface area contributed by atoms with Crippen molar-refractivity contribution in [3.63, 3.8) is 0 Å². The van der Waals surface area contributed by atoms with Crippen LogP contribution in [0.1, 0.15) is 16.7 Å². The molecule has 3 aromatic rings. The molecule has 0 aliphatic rings. The molecule has 3 aromatic carbocycles. The average Bonchev–Trinajstić information content (AvgIpc) is 2.69. The topological polar surface area (TPSA) is 49.8 Å². The minimum absolute atomic E-state index is 0.0277. The second kappa shape index (κ2) is 9.04. The molecule has 0 aliphatic heterocycles. The molecule has 0 saturated carbocycles. The van der Waals surface area contributed by atoms with Gasteiger partial charge in [-0.3, -0.25) is 4.79 Å². The van der Waals surface area contributed by atoms with Crippen molar-refractivity contribution in [3.05, 3.63) is 95.3 Å². The molecular formula is C23H22FNO3. The number of anilines is 1. The van der Waals surface area contributed by atoms with Gasteiger partial charge in [-0.25, -0.2) is 4.39 Å². The van der Waals surface area contributed by atoms with Gasteiger partial charge in [-0.2, -0.15) is 0 Å². The van der Waals surface area contributed by atoms with Gasteiger partial charge in [-0.1, -0.05) is 48.5 Å². The highest BCUT2D eigenvalue weighted by molar-refractivity contribution is 5.70. The molecule has 1 N–H and O–H groups in total. The first-order chi connectivity index (χ1) is 13.6. The van der Waals surface area contributed by atoms with E-state index in [4.69, 9.17) is 9.84 Å². The molecule has 144 valence electrons. The number of halogens is 1. The predicted molar refractivity (Wildman–Crippen MR) is 107 cm³/mol. The molecule has 0 atom stereocenters. The zero-order valence-corrected chi connectivity index (χ0v) is 15.6. The van der Waals surface area contributed by atoms with Crippen molar-refractivity contribution in [2.45, 2.75) is 19.5 Å². The molecule has 3 rings (SSSR count). The molecule has 4 nitrogen and oxygen atoms in total. The van der Waals surface area contributed by atoms with E-state index in [0.29, 0.717) is 18.7 Å². The first kappa shape index (κ1) is 19.4. The van der Waals surface area contributed by atoms with Crippen LogP contribution in [0.5, 0.6) is 5.75 Å². The van der Waals surface area contributed by atoms with Gasteiger partial charge in [-0.05, 0) is 29.8 Å². The fourth-order valence-electron chi connectivity index (χ4n) is 3.11. The van der Waals surface area contributed by atoms with E-state index >= 15 is 0 Å². The third kappa shape index (κ3) is 4.88. The third-order valence-electron chi connectivity index (χ3n) is 4.53. The Morgan fingerprint density at radius 3 is 2.18 bits per heavy atom. The lowest BCUT2D eigenvalue weighted by Crippen LogP contribution is -2.23. The van der Waals surface area contributed by atoms with Crippen LogP contribution < -0.4 is 9.64 Å². The Morgan fingerprint density at radius 2 is 1.54 bits per heavy atom. The number of rotatable bonds is 8. The van der Waals surface area contributed by atoms with E-state index in [1.54, 1.807) is 31.4 Å². The van der Waals surface area contributed by atoms with Crippen LogP contribution >= 0.6 is 0 Å². The third-order valence-corrected chi connectivity index (χ3v) is 4.53. The smallest absolute Gasteiger partial charge is 0.307 e. The van der Waals surface area contributed by atoms with E-state index in [-0.39, 0.29) is 12.2 Å². The lowest BCUT2D eigenvalue weighted by molar-refractivity contribution is -0.136. The fraction of sp³-hybridized carbons (Fsp3) is 0.174. The number of hydrogen-bond donors (Lipinski definition) is 1. The molecule has 0 heterocycles. The predicted octanol–water partition coefficient (Wildman–Crippen LogP) is 4.67. The van der Waals surface area contributed by atoms with Gasteiger partial charge in [0.2, 0.25) is 0 Å². The van der Waals surface area contributed by atoms with Crippen molar-refractivity contribution >= 4 is 11.7 Å². The van der Waals surface area contributed by atoms with Crippen LogP contribution in [0.2, 0.25) is 0 Å². The Morgan fingerprint density at radius 1 is 0.929 bits per heavy atom. The summed E-state index contributed by atoms with van der Waals surface area (Å²) in [5.74, 6) is -0.358. The highest BCUT2D eigenvalue weighted by atomic mass is 19.1. The lowest BCUT2D eigenvalue weighted by atomic mass is 10.1. The van der Waals surface area contributed by atoms with Crippen molar-refractivity contribution in [2.24, 2.45) is 0 Å². The molecule has 0 fully saturated rings. The van der Waals surface area contributed by atoms with Crippen molar-refractivity contribution in [1.29, 1.82) is 0 Å². The Hall–Kier alpha value is -3.34. The quantitative estimate of drug-likeness (QED) is 0.618. The van der Waals surface area contributed by atoms with Gasteiger partial charge in [0.1, 0.15) is 11.6 Å². The van der Waals surface area contributed by atoms with Gasteiger partial charge in [0.15, 0.2) is 0 Å². The van der Waals surface area contributed by atoms with Crippen molar-refractivity contribution in [1.82, 2.24) is 0 Å². The van der Waals surface area contributed by atoms with E-state index < -0.39 is 5.97 Å². The van der Waals surface area contributed by atoms with Crippen molar-refractivity contribution in [3.8, 4) is 5.75 Å². The molecule has 0 spiro atoms. The summed E-state index contributed by atoms with van der Waals surface area (Å²) in [7, 11) is 1.63. The maximum absolute atomic E-state index is 14.2. The summed E-state index contributed by atoms with van der Waals surface area (Å²) in [5, 5.41) is 8.96. The minimum atomic E-state index is -0.870. The zero-order chi connectivity index (χ0) is 19.9. The molecule has 0 amide bonds. The molecule has 0 radical (unpaired) electrons. The molecule has 0 aliphatic carbocycles. The van der Waals surface area contributed by atoms with Crippen LogP contribution in [-0.2, 0) is 24.3 Å². The van der Waals surface area contributed by atoms with Gasteiger partial charge >= 0.3 is 5.97 Å². The number of carbonyl (C=O) groups is 1. The van der Waals surface area contributed by atoms with Crippen LogP contribution in [-0.4, -0.2) is 18.2 Å². The van der Waals surface area contributed by atoms with Gasteiger partial charge < -0.3 is 14.7 Å². The molecule has 0 aromatic heterocycles. The first-order valence-electron chi connectivity index (χ1n) is 8.98. The van der Waals surface area contributed by atoms with Crippen molar-refractivity contribution < 1.29 is 19.0 Å². The highest BCUT2D eigenvalue weighted by Crippen LogP contribution is 2.26. The standard InChI is InChI=1S/C23H22FNO3/c1-28-22-9-5-3-7-19(22)16-25(15-18-6-2-4-8-21(18)24)20-12-10-17(11-13-20)14-23(26)27/h2-13H,14-16H2,1H3,(H,26,27). The van der Waals surface area contributed by atoms with Crippen LogP contribution in [0.4, 0.5) is 10.1 Å². The zero-order valence-electron chi connectivity index (χ0n) is 15.6. The Bertz CT molecular complexity index is 941. The molecular weight excluding hydrogens is 357 g/mol. The van der Waals surface area contributed by atoms with Crippen LogP contribution in [0.15, 0.2) is 72.8 Å². The molecule has 28 heavy (non-hydrogen) atoms. The van der Waals surface area contributed by atoms with Crippen molar-refractivity contribution in [2.75, 3.05) is 12.0 Å².